The minimum absolute atomic E-state index is 0.0392. The van der Waals surface area contributed by atoms with Gasteiger partial charge in [-0.05, 0) is 64.7 Å². The SMILES string of the molecule is CC(C)(C)OC(=O)N1CCCN(C(=O)c2cc3nc(-c4ccc(Cl)c(F)c4)cc(C(C)(C)C)c3o2)C(C)(C)C1. The van der Waals surface area contributed by atoms with Crippen LogP contribution in [0.2, 0.25) is 5.02 Å². The van der Waals surface area contributed by atoms with Crippen LogP contribution >= 0.6 is 11.6 Å². The topological polar surface area (TPSA) is 75.9 Å². The number of hydrogen-bond acceptors (Lipinski definition) is 5. The molecule has 0 unspecified atom stereocenters. The van der Waals surface area contributed by atoms with Crippen molar-refractivity contribution in [1.29, 1.82) is 0 Å². The number of rotatable bonds is 2. The number of ether oxygens (including phenoxy) is 1. The van der Waals surface area contributed by atoms with Crippen molar-refractivity contribution in [2.45, 2.75) is 78.4 Å². The molecule has 0 spiro atoms. The maximum absolute atomic E-state index is 14.2. The van der Waals surface area contributed by atoms with Crippen LogP contribution in [-0.2, 0) is 10.2 Å². The van der Waals surface area contributed by atoms with E-state index in [0.717, 1.165) is 5.56 Å². The highest BCUT2D eigenvalue weighted by Gasteiger charge is 2.39. The highest BCUT2D eigenvalue weighted by molar-refractivity contribution is 6.30. The molecule has 3 aromatic rings. The number of halogens is 2. The average Bonchev–Trinajstić information content (AvgIpc) is 3.16. The van der Waals surface area contributed by atoms with Crippen molar-refractivity contribution in [3.63, 3.8) is 0 Å². The lowest BCUT2D eigenvalue weighted by Gasteiger charge is -2.38. The molecule has 0 radical (unpaired) electrons. The molecular weight excluding hydrogens is 521 g/mol. The molecule has 0 atom stereocenters. The molecule has 210 valence electrons. The standard InChI is InChI=1S/C30H37ClFN3O4/c1-28(2,3)19-15-22(18-10-11-20(31)21(32)14-18)33-23-16-24(38-25(19)23)26(36)35-13-9-12-34(17-30(35,7)8)27(37)39-29(4,5)6/h10-11,14-16H,9,12-13,17H2,1-8H3. The Labute approximate surface area is 234 Å². The Hall–Kier alpha value is -3.13. The molecule has 7 nitrogen and oxygen atoms in total. The zero-order valence-electron chi connectivity index (χ0n) is 23.9. The summed E-state index contributed by atoms with van der Waals surface area (Å²) in [6.45, 7) is 16.8. The third-order valence-corrected chi connectivity index (χ3v) is 7.03. The van der Waals surface area contributed by atoms with Crippen LogP contribution in [0, 0.1) is 5.82 Å². The van der Waals surface area contributed by atoms with E-state index in [1.807, 2.05) is 61.5 Å². The number of carbonyl (C=O) groups is 2. The molecule has 0 aliphatic carbocycles. The number of amides is 2. The molecule has 0 bridgehead atoms. The molecule has 0 saturated carbocycles. The molecule has 1 fully saturated rings. The second-order valence-electron chi connectivity index (χ2n) is 12.8. The van der Waals surface area contributed by atoms with E-state index in [9.17, 15) is 14.0 Å². The highest BCUT2D eigenvalue weighted by Crippen LogP contribution is 2.36. The molecule has 2 amide bonds. The molecule has 39 heavy (non-hydrogen) atoms. The average molecular weight is 558 g/mol. The normalized spacial score (nSPS) is 16.4. The van der Waals surface area contributed by atoms with Crippen LogP contribution in [0.15, 0.2) is 34.7 Å². The minimum atomic E-state index is -0.671. The van der Waals surface area contributed by atoms with Gasteiger partial charge in [0, 0.05) is 36.8 Å². The van der Waals surface area contributed by atoms with Gasteiger partial charge in [0.05, 0.1) is 16.3 Å². The summed E-state index contributed by atoms with van der Waals surface area (Å²) in [7, 11) is 0. The van der Waals surface area contributed by atoms with Crippen LogP contribution in [0.4, 0.5) is 9.18 Å². The first-order valence-electron chi connectivity index (χ1n) is 13.2. The predicted molar refractivity (Wildman–Crippen MR) is 151 cm³/mol. The summed E-state index contributed by atoms with van der Waals surface area (Å²) in [5.41, 5.74) is 1.41. The minimum Gasteiger partial charge on any atom is -0.449 e. The number of furan rings is 1. The number of benzene rings is 1. The van der Waals surface area contributed by atoms with Gasteiger partial charge in [0.2, 0.25) is 0 Å². The van der Waals surface area contributed by atoms with E-state index in [2.05, 4.69) is 0 Å². The third kappa shape index (κ3) is 6.21. The first kappa shape index (κ1) is 28.9. The Morgan fingerprint density at radius 3 is 2.38 bits per heavy atom. The molecule has 3 heterocycles. The molecule has 1 aliphatic heterocycles. The van der Waals surface area contributed by atoms with Crippen LogP contribution in [0.1, 0.15) is 77.9 Å². The number of nitrogens with zero attached hydrogens (tertiary/aromatic N) is 3. The van der Waals surface area contributed by atoms with Gasteiger partial charge in [0.1, 0.15) is 16.9 Å². The van der Waals surface area contributed by atoms with Gasteiger partial charge in [-0.2, -0.15) is 0 Å². The van der Waals surface area contributed by atoms with Crippen LogP contribution in [-0.4, -0.2) is 57.6 Å². The van der Waals surface area contributed by atoms with Crippen molar-refractivity contribution in [3.8, 4) is 11.3 Å². The summed E-state index contributed by atoms with van der Waals surface area (Å²) in [6, 6.07) is 8.09. The molecule has 1 aromatic carbocycles. The first-order chi connectivity index (χ1) is 18.0. The Balaban J connectivity index is 1.70. The van der Waals surface area contributed by atoms with Gasteiger partial charge >= 0.3 is 6.09 Å². The zero-order valence-corrected chi connectivity index (χ0v) is 24.7. The van der Waals surface area contributed by atoms with Gasteiger partial charge in [-0.25, -0.2) is 14.2 Å². The maximum atomic E-state index is 14.2. The van der Waals surface area contributed by atoms with Gasteiger partial charge in [-0.1, -0.05) is 38.4 Å². The molecule has 4 rings (SSSR count). The summed E-state index contributed by atoms with van der Waals surface area (Å²) >= 11 is 5.89. The number of aromatic nitrogens is 1. The second-order valence-corrected chi connectivity index (χ2v) is 13.2. The van der Waals surface area contributed by atoms with Gasteiger partial charge < -0.3 is 19.0 Å². The molecule has 1 saturated heterocycles. The quantitative estimate of drug-likeness (QED) is 0.327. The monoisotopic (exact) mass is 557 g/mol. The lowest BCUT2D eigenvalue weighted by atomic mass is 9.86. The fraction of sp³-hybridized carbons (Fsp3) is 0.500. The van der Waals surface area contributed by atoms with E-state index in [0.29, 0.717) is 48.4 Å². The van der Waals surface area contributed by atoms with E-state index in [1.54, 1.807) is 21.9 Å². The number of fused-ring (bicyclic) bond motifs is 1. The van der Waals surface area contributed by atoms with Crippen LogP contribution in [0.5, 0.6) is 0 Å². The first-order valence-corrected chi connectivity index (χ1v) is 13.5. The molecule has 0 N–H and O–H groups in total. The van der Waals surface area contributed by atoms with Gasteiger partial charge in [-0.3, -0.25) is 4.79 Å². The van der Waals surface area contributed by atoms with Crippen LogP contribution < -0.4 is 0 Å². The summed E-state index contributed by atoms with van der Waals surface area (Å²) in [4.78, 5) is 34.8. The van der Waals surface area contributed by atoms with E-state index < -0.39 is 23.1 Å². The van der Waals surface area contributed by atoms with Crippen LogP contribution in [0.25, 0.3) is 22.4 Å². The highest BCUT2D eigenvalue weighted by atomic mass is 35.5. The molecule has 1 aliphatic rings. The fourth-order valence-corrected chi connectivity index (χ4v) is 4.95. The van der Waals surface area contributed by atoms with E-state index in [1.165, 1.54) is 12.1 Å². The Kier molecular flexibility index (Phi) is 7.49. The summed E-state index contributed by atoms with van der Waals surface area (Å²) in [5.74, 6) is -0.635. The third-order valence-electron chi connectivity index (χ3n) is 6.73. The van der Waals surface area contributed by atoms with E-state index in [-0.39, 0.29) is 22.1 Å². The molecular formula is C30H37ClFN3O4. The lowest BCUT2D eigenvalue weighted by Crippen LogP contribution is -2.53. The van der Waals surface area contributed by atoms with Crippen molar-refractivity contribution in [2.24, 2.45) is 0 Å². The summed E-state index contributed by atoms with van der Waals surface area (Å²) in [5, 5.41) is 0.0392. The molecule has 2 aromatic heterocycles. The smallest absolute Gasteiger partial charge is 0.410 e. The van der Waals surface area contributed by atoms with Crippen molar-refractivity contribution in [2.75, 3.05) is 19.6 Å². The van der Waals surface area contributed by atoms with Crippen molar-refractivity contribution >= 4 is 34.7 Å². The predicted octanol–water partition coefficient (Wildman–Crippen LogP) is 7.45. The summed E-state index contributed by atoms with van der Waals surface area (Å²) < 4.78 is 26.0. The fourth-order valence-electron chi connectivity index (χ4n) is 4.83. The van der Waals surface area contributed by atoms with Gasteiger partial charge in [0.25, 0.3) is 5.91 Å². The number of hydrogen-bond donors (Lipinski definition) is 0. The van der Waals surface area contributed by atoms with E-state index in [4.69, 9.17) is 25.7 Å². The Bertz CT molecular complexity index is 1420. The number of pyridine rings is 1. The lowest BCUT2D eigenvalue weighted by molar-refractivity contribution is 0.0166. The molecule has 9 heteroatoms. The van der Waals surface area contributed by atoms with Crippen LogP contribution in [0.3, 0.4) is 0 Å². The number of carbonyl (C=O) groups excluding carboxylic acids is 2. The van der Waals surface area contributed by atoms with Crippen molar-refractivity contribution in [1.82, 2.24) is 14.8 Å². The second kappa shape index (κ2) is 10.1. The largest absolute Gasteiger partial charge is 0.449 e. The Morgan fingerprint density at radius 1 is 1.08 bits per heavy atom. The maximum Gasteiger partial charge on any atom is 0.410 e. The Morgan fingerprint density at radius 2 is 1.77 bits per heavy atom. The van der Waals surface area contributed by atoms with Crippen molar-refractivity contribution < 1.29 is 23.1 Å². The van der Waals surface area contributed by atoms with E-state index >= 15 is 0 Å². The zero-order chi connectivity index (χ0) is 28.9. The van der Waals surface area contributed by atoms with Crippen molar-refractivity contribution in [3.05, 3.63) is 52.5 Å². The van der Waals surface area contributed by atoms with Gasteiger partial charge in [0.15, 0.2) is 11.3 Å². The van der Waals surface area contributed by atoms with Gasteiger partial charge in [-0.15, -0.1) is 0 Å². The summed E-state index contributed by atoms with van der Waals surface area (Å²) in [6.07, 6.45) is 0.214.